The van der Waals surface area contributed by atoms with Crippen molar-refractivity contribution in [1.29, 1.82) is 0 Å². The summed E-state index contributed by atoms with van der Waals surface area (Å²) in [5.41, 5.74) is 0. The van der Waals surface area contributed by atoms with E-state index in [4.69, 9.17) is 0 Å². The van der Waals surface area contributed by atoms with Gasteiger partial charge in [-0.3, -0.25) is 14.4 Å². The van der Waals surface area contributed by atoms with Gasteiger partial charge < -0.3 is 14.7 Å². The van der Waals surface area contributed by atoms with E-state index in [1.165, 1.54) is 21.2 Å². The second-order valence-corrected chi connectivity index (χ2v) is 16.2. The smallest absolute Gasteiger partial charge is 0.225 e. The van der Waals surface area contributed by atoms with Crippen molar-refractivity contribution in [3.8, 4) is 0 Å². The van der Waals surface area contributed by atoms with Crippen LogP contribution >= 0.6 is 25.1 Å². The minimum absolute atomic E-state index is 0.0358. The molecule has 0 radical (unpaired) electrons. The zero-order valence-corrected chi connectivity index (χ0v) is 30.4. The van der Waals surface area contributed by atoms with Gasteiger partial charge in [0.05, 0.1) is 20.0 Å². The molecule has 1 heterocycles. The first-order valence-electron chi connectivity index (χ1n) is 16.3. The predicted octanol–water partition coefficient (Wildman–Crippen LogP) is 5.70. The summed E-state index contributed by atoms with van der Waals surface area (Å²) in [5, 5.41) is 4.92. The monoisotopic (exact) mass is 685 g/mol. The predicted molar refractivity (Wildman–Crippen MR) is 203 cm³/mol. The Morgan fingerprint density at radius 3 is 1.00 bits per heavy atom. The molecule has 4 aromatic carbocycles. The van der Waals surface area contributed by atoms with Crippen molar-refractivity contribution in [1.82, 2.24) is 14.7 Å². The summed E-state index contributed by atoms with van der Waals surface area (Å²) >= 11 is 0. The van der Waals surface area contributed by atoms with Crippen LogP contribution in [0.15, 0.2) is 121 Å². The van der Waals surface area contributed by atoms with E-state index in [0.29, 0.717) is 37.7 Å². The summed E-state index contributed by atoms with van der Waals surface area (Å²) in [6, 6.07) is 41.4. The molecule has 1 atom stereocenters. The normalized spacial score (nSPS) is 12.9. The molecule has 5 rings (SSSR count). The largest absolute Gasteiger partial charge is 0.307 e. The quantitative estimate of drug-likeness (QED) is 0.180. The Balaban J connectivity index is 0.00000245. The van der Waals surface area contributed by atoms with Gasteiger partial charge in [0, 0.05) is 19.3 Å². The van der Waals surface area contributed by atoms with Gasteiger partial charge >= 0.3 is 0 Å². The molecule has 246 valence electrons. The Morgan fingerprint density at radius 2 is 0.745 bits per heavy atom. The molecule has 3 amide bonds. The van der Waals surface area contributed by atoms with E-state index < -0.39 is 15.8 Å². The lowest BCUT2D eigenvalue weighted by Crippen LogP contribution is -2.59. The van der Waals surface area contributed by atoms with Crippen molar-refractivity contribution < 1.29 is 14.4 Å². The topological polar surface area (TPSA) is 60.9 Å². The van der Waals surface area contributed by atoms with Crippen LogP contribution in [0.1, 0.15) is 33.1 Å². The Morgan fingerprint density at radius 1 is 0.489 bits per heavy atom. The van der Waals surface area contributed by atoms with Gasteiger partial charge in [0.2, 0.25) is 17.7 Å². The summed E-state index contributed by atoms with van der Waals surface area (Å²) in [5.74, 6) is -0.121. The van der Waals surface area contributed by atoms with Crippen molar-refractivity contribution in [2.75, 3.05) is 38.5 Å². The van der Waals surface area contributed by atoms with Gasteiger partial charge in [0.1, 0.15) is 0 Å². The number of benzene rings is 4. The molecule has 0 aliphatic carbocycles. The van der Waals surface area contributed by atoms with Crippen LogP contribution in [0.25, 0.3) is 0 Å². The molecule has 0 saturated carbocycles. The number of hydrogen-bond acceptors (Lipinski definition) is 3. The maximum absolute atomic E-state index is 13.8. The number of carbonyl (C=O) groups excluding carboxylic acids is 3. The van der Waals surface area contributed by atoms with E-state index in [0.717, 1.165) is 0 Å². The summed E-state index contributed by atoms with van der Waals surface area (Å²) in [7, 11) is 1.15. The first-order valence-corrected chi connectivity index (χ1v) is 20.2. The number of rotatable bonds is 12. The number of amides is 3. The van der Waals surface area contributed by atoms with Crippen molar-refractivity contribution in [2.24, 2.45) is 0 Å². The molecule has 1 unspecified atom stereocenters. The van der Waals surface area contributed by atoms with E-state index in [9.17, 15) is 14.4 Å². The van der Waals surface area contributed by atoms with Crippen molar-refractivity contribution in [2.45, 2.75) is 33.1 Å². The van der Waals surface area contributed by atoms with Crippen LogP contribution < -0.4 is 21.2 Å². The van der Waals surface area contributed by atoms with Crippen LogP contribution in [0.5, 0.6) is 0 Å². The molecule has 0 N–H and O–H groups in total. The van der Waals surface area contributed by atoms with Crippen LogP contribution in [-0.2, 0) is 14.4 Å². The lowest BCUT2D eigenvalue weighted by atomic mass is 10.3. The molecule has 0 spiro atoms. The van der Waals surface area contributed by atoms with E-state index in [1.807, 2.05) is 86.6 Å². The molecule has 0 bridgehead atoms. The molecule has 47 heavy (non-hydrogen) atoms. The lowest BCUT2D eigenvalue weighted by molar-refractivity contribution is -0.158. The van der Waals surface area contributed by atoms with Gasteiger partial charge in [0.15, 0.2) is 0 Å². The van der Waals surface area contributed by atoms with Gasteiger partial charge in [-0.2, -0.15) is 0 Å². The van der Waals surface area contributed by atoms with Crippen molar-refractivity contribution in [3.05, 3.63) is 121 Å². The van der Waals surface area contributed by atoms with E-state index in [1.54, 1.807) is 14.7 Å². The highest BCUT2D eigenvalue weighted by molar-refractivity contribution is 7.73. The standard InChI is InChI=1S/C36H40N3O3P3.C2H6/c40-34(21-24-43)37-27-38(35(41)22-25-44(30-13-5-1-6-14-30)31-15-7-2-8-16-31)29-39(28-37)36(42)23-26-45(32-17-9-3-10-18-32)33-19-11-4-12-20-33;1-2/h1-20H,21-29,43H2;1-2H3. The summed E-state index contributed by atoms with van der Waals surface area (Å²) in [4.78, 5) is 45.6. The lowest BCUT2D eigenvalue weighted by Gasteiger charge is -2.42. The van der Waals surface area contributed by atoms with Gasteiger partial charge in [-0.15, -0.1) is 9.24 Å². The maximum Gasteiger partial charge on any atom is 0.225 e. The molecule has 1 aliphatic heterocycles. The molecule has 1 saturated heterocycles. The van der Waals surface area contributed by atoms with Crippen molar-refractivity contribution >= 4 is 64.0 Å². The SMILES string of the molecule is CC.O=C(CCP)N1CN(C(=O)CCP(c2ccccc2)c2ccccc2)CN(C(=O)CCP(c2ccccc2)c2ccccc2)C1. The third kappa shape index (κ3) is 10.5. The molecule has 6 nitrogen and oxygen atoms in total. The molecular weight excluding hydrogens is 639 g/mol. The number of hydrogen-bond donors (Lipinski definition) is 0. The highest BCUT2D eigenvalue weighted by Gasteiger charge is 2.32. The van der Waals surface area contributed by atoms with Crippen LogP contribution in [0, 0.1) is 0 Å². The van der Waals surface area contributed by atoms with E-state index >= 15 is 0 Å². The minimum Gasteiger partial charge on any atom is -0.307 e. The summed E-state index contributed by atoms with van der Waals surface area (Å²) < 4.78 is 0. The highest BCUT2D eigenvalue weighted by Crippen LogP contribution is 2.35. The Hall–Kier alpha value is -3.42. The fraction of sp³-hybridized carbons (Fsp3) is 0.289. The Labute approximate surface area is 285 Å². The van der Waals surface area contributed by atoms with Gasteiger partial charge in [-0.05, 0) is 55.5 Å². The van der Waals surface area contributed by atoms with Crippen LogP contribution in [0.3, 0.4) is 0 Å². The third-order valence-corrected chi connectivity index (χ3v) is 13.1. The summed E-state index contributed by atoms with van der Waals surface area (Å²) in [6.07, 6.45) is 3.08. The number of carbonyl (C=O) groups is 3. The van der Waals surface area contributed by atoms with Gasteiger partial charge in [-0.1, -0.05) is 135 Å². The van der Waals surface area contributed by atoms with Crippen LogP contribution in [0.4, 0.5) is 0 Å². The molecule has 0 aromatic heterocycles. The first kappa shape index (κ1) is 36.4. The fourth-order valence-corrected chi connectivity index (χ4v) is 10.3. The average Bonchev–Trinajstić information content (AvgIpc) is 3.14. The molecule has 1 fully saturated rings. The van der Waals surface area contributed by atoms with E-state index in [-0.39, 0.29) is 37.7 Å². The van der Waals surface area contributed by atoms with Gasteiger partial charge in [-0.25, -0.2) is 0 Å². The average molecular weight is 686 g/mol. The fourth-order valence-electron chi connectivity index (χ4n) is 5.48. The zero-order chi connectivity index (χ0) is 33.4. The minimum atomic E-state index is -0.724. The second-order valence-electron chi connectivity index (χ2n) is 10.9. The molecule has 4 aromatic rings. The van der Waals surface area contributed by atoms with Crippen LogP contribution in [0.2, 0.25) is 0 Å². The maximum atomic E-state index is 13.8. The Kier molecular flexibility index (Phi) is 15.0. The van der Waals surface area contributed by atoms with E-state index in [2.05, 4.69) is 57.8 Å². The first-order chi connectivity index (χ1) is 23.0. The number of nitrogens with zero attached hydrogens (tertiary/aromatic N) is 3. The molecule has 1 aliphatic rings. The molecule has 9 heteroatoms. The zero-order valence-electron chi connectivity index (χ0n) is 27.4. The highest BCUT2D eigenvalue weighted by atomic mass is 31.1. The molecular formula is C38H46N3O3P3. The summed E-state index contributed by atoms with van der Waals surface area (Å²) in [6.45, 7) is 4.62. The van der Waals surface area contributed by atoms with Crippen molar-refractivity contribution in [3.63, 3.8) is 0 Å². The second kappa shape index (κ2) is 19.4. The van der Waals surface area contributed by atoms with Crippen LogP contribution in [-0.4, -0.2) is 70.9 Å². The third-order valence-electron chi connectivity index (χ3n) is 7.81. The van der Waals surface area contributed by atoms with Gasteiger partial charge in [0.25, 0.3) is 0 Å². The Bertz CT molecular complexity index is 1340.